The van der Waals surface area contributed by atoms with Gasteiger partial charge in [0.1, 0.15) is 6.54 Å². The summed E-state index contributed by atoms with van der Waals surface area (Å²) in [6, 6.07) is 6.36. The van der Waals surface area contributed by atoms with Crippen LogP contribution in [0.5, 0.6) is 0 Å². The Hall–Kier alpha value is -1.93. The van der Waals surface area contributed by atoms with Gasteiger partial charge in [0.25, 0.3) is 5.91 Å². The molecule has 1 aliphatic heterocycles. The summed E-state index contributed by atoms with van der Waals surface area (Å²) in [6.07, 6.45) is 0.981. The minimum Gasteiger partial charge on any atom is -0.452 e. The second-order valence-corrected chi connectivity index (χ2v) is 8.28. The van der Waals surface area contributed by atoms with Crippen LogP contribution in [0.3, 0.4) is 0 Å². The molecule has 1 amide bonds. The summed E-state index contributed by atoms with van der Waals surface area (Å²) < 4.78 is 30.9. The van der Waals surface area contributed by atoms with Crippen LogP contribution in [-0.4, -0.2) is 62.3 Å². The number of rotatable bonds is 6. The first-order valence-electron chi connectivity index (χ1n) is 8.23. The van der Waals surface area contributed by atoms with Gasteiger partial charge in [-0.15, -0.1) is 0 Å². The van der Waals surface area contributed by atoms with Crippen molar-refractivity contribution in [1.29, 1.82) is 0 Å². The van der Waals surface area contributed by atoms with Gasteiger partial charge >= 0.3 is 5.97 Å². The number of amides is 1. The lowest BCUT2D eigenvalue weighted by molar-refractivity contribution is -0.158. The highest BCUT2D eigenvalue weighted by atomic mass is 32.2. The van der Waals surface area contributed by atoms with E-state index in [4.69, 9.17) is 4.74 Å². The number of aryl methyl sites for hydroxylation is 1. The topological polar surface area (TPSA) is 84.0 Å². The Kier molecular flexibility index (Phi) is 6.18. The monoisotopic (exact) mass is 368 g/mol. The smallest absolute Gasteiger partial charge is 0.322 e. The van der Waals surface area contributed by atoms with E-state index in [1.54, 1.807) is 17.0 Å². The third-order valence-corrected chi connectivity index (χ3v) is 5.97. The van der Waals surface area contributed by atoms with Crippen molar-refractivity contribution in [3.8, 4) is 0 Å². The van der Waals surface area contributed by atoms with Gasteiger partial charge in [0, 0.05) is 20.1 Å². The van der Waals surface area contributed by atoms with Crippen molar-refractivity contribution in [2.75, 3.05) is 26.7 Å². The fourth-order valence-corrected chi connectivity index (χ4v) is 3.75. The number of likely N-dealkylation sites (tertiary alicyclic amines) is 1. The molecule has 7 nitrogen and oxygen atoms in total. The molecule has 0 N–H and O–H groups in total. The summed E-state index contributed by atoms with van der Waals surface area (Å²) in [6.45, 7) is 4.25. The third-order valence-electron chi connectivity index (χ3n) is 4.15. The number of sulfonamides is 1. The second kappa shape index (κ2) is 7.97. The Morgan fingerprint density at radius 3 is 2.32 bits per heavy atom. The predicted octanol–water partition coefficient (Wildman–Crippen LogP) is 1.17. The number of carbonyl (C=O) groups is 2. The molecule has 0 spiro atoms. The van der Waals surface area contributed by atoms with Gasteiger partial charge in [-0.05, 0) is 38.8 Å². The average molecular weight is 368 g/mol. The van der Waals surface area contributed by atoms with Crippen LogP contribution in [-0.2, 0) is 24.3 Å². The van der Waals surface area contributed by atoms with Crippen molar-refractivity contribution < 1.29 is 22.7 Å². The van der Waals surface area contributed by atoms with Gasteiger partial charge in [0.05, 0.1) is 4.90 Å². The zero-order valence-electron chi connectivity index (χ0n) is 14.8. The molecule has 138 valence electrons. The SMILES string of the molecule is Cc1ccc(S(=O)(=O)N(C)CC(=O)OC(C)C(=O)N2CCCC2)cc1. The summed E-state index contributed by atoms with van der Waals surface area (Å²) in [5.41, 5.74) is 0.940. The lowest BCUT2D eigenvalue weighted by Gasteiger charge is -2.22. The van der Waals surface area contributed by atoms with E-state index in [-0.39, 0.29) is 10.8 Å². The van der Waals surface area contributed by atoms with E-state index in [0.29, 0.717) is 13.1 Å². The van der Waals surface area contributed by atoms with Crippen LogP contribution in [0, 0.1) is 6.92 Å². The zero-order valence-corrected chi connectivity index (χ0v) is 15.6. The highest BCUT2D eigenvalue weighted by Gasteiger charge is 2.28. The van der Waals surface area contributed by atoms with Crippen molar-refractivity contribution in [2.45, 2.75) is 37.7 Å². The molecule has 1 heterocycles. The summed E-state index contributed by atoms with van der Waals surface area (Å²) in [7, 11) is -2.48. The molecule has 1 aliphatic rings. The molecular formula is C17H24N2O5S. The predicted molar refractivity (Wildman–Crippen MR) is 92.4 cm³/mol. The molecule has 0 aliphatic carbocycles. The molecule has 1 saturated heterocycles. The highest BCUT2D eigenvalue weighted by Crippen LogP contribution is 2.15. The maximum atomic E-state index is 12.5. The third kappa shape index (κ3) is 4.79. The Morgan fingerprint density at radius 1 is 1.20 bits per heavy atom. The number of esters is 1. The summed E-state index contributed by atoms with van der Waals surface area (Å²) in [5.74, 6) is -0.992. The van der Waals surface area contributed by atoms with Gasteiger partial charge in [0.2, 0.25) is 10.0 Å². The van der Waals surface area contributed by atoms with E-state index in [2.05, 4.69) is 0 Å². The lowest BCUT2D eigenvalue weighted by atomic mass is 10.2. The molecule has 0 saturated carbocycles. The number of likely N-dealkylation sites (N-methyl/N-ethyl adjacent to an activating group) is 1. The molecule has 1 atom stereocenters. The van der Waals surface area contributed by atoms with Gasteiger partial charge in [-0.3, -0.25) is 9.59 Å². The van der Waals surface area contributed by atoms with Crippen LogP contribution < -0.4 is 0 Å². The normalized spacial score (nSPS) is 16.1. The van der Waals surface area contributed by atoms with Crippen molar-refractivity contribution in [3.05, 3.63) is 29.8 Å². The molecule has 1 aromatic rings. The Balaban J connectivity index is 1.94. The van der Waals surface area contributed by atoms with E-state index in [0.717, 1.165) is 22.7 Å². The van der Waals surface area contributed by atoms with Crippen molar-refractivity contribution in [1.82, 2.24) is 9.21 Å². The highest BCUT2D eigenvalue weighted by molar-refractivity contribution is 7.89. The van der Waals surface area contributed by atoms with Crippen LogP contribution in [0.4, 0.5) is 0 Å². The van der Waals surface area contributed by atoms with Gasteiger partial charge in [-0.2, -0.15) is 4.31 Å². The molecule has 0 bridgehead atoms. The van der Waals surface area contributed by atoms with Crippen molar-refractivity contribution in [3.63, 3.8) is 0 Å². The number of nitrogens with zero attached hydrogens (tertiary/aromatic N) is 2. The quantitative estimate of drug-likeness (QED) is 0.704. The van der Waals surface area contributed by atoms with E-state index in [1.807, 2.05) is 6.92 Å². The largest absolute Gasteiger partial charge is 0.452 e. The second-order valence-electron chi connectivity index (χ2n) is 6.24. The van der Waals surface area contributed by atoms with Gasteiger partial charge < -0.3 is 9.64 Å². The van der Waals surface area contributed by atoms with E-state index in [1.165, 1.54) is 26.1 Å². The zero-order chi connectivity index (χ0) is 18.6. The van der Waals surface area contributed by atoms with Crippen LogP contribution in [0.25, 0.3) is 0 Å². The number of hydrogen-bond acceptors (Lipinski definition) is 5. The molecule has 0 radical (unpaired) electrons. The standard InChI is InChI=1S/C17H24N2O5S/c1-13-6-8-15(9-7-13)25(22,23)18(3)12-16(20)24-14(2)17(21)19-10-4-5-11-19/h6-9,14H,4-5,10-12H2,1-3H3. The van der Waals surface area contributed by atoms with Gasteiger partial charge in [-0.1, -0.05) is 17.7 Å². The van der Waals surface area contributed by atoms with E-state index < -0.39 is 28.6 Å². The van der Waals surface area contributed by atoms with Crippen molar-refractivity contribution in [2.24, 2.45) is 0 Å². The number of benzene rings is 1. The molecule has 8 heteroatoms. The van der Waals surface area contributed by atoms with E-state index in [9.17, 15) is 18.0 Å². The fourth-order valence-electron chi connectivity index (χ4n) is 2.64. The van der Waals surface area contributed by atoms with Gasteiger partial charge in [-0.25, -0.2) is 8.42 Å². The first-order valence-corrected chi connectivity index (χ1v) is 9.67. The van der Waals surface area contributed by atoms with Crippen LogP contribution in [0.1, 0.15) is 25.3 Å². The maximum Gasteiger partial charge on any atom is 0.322 e. The lowest BCUT2D eigenvalue weighted by Crippen LogP contribution is -2.40. The minimum atomic E-state index is -3.79. The van der Waals surface area contributed by atoms with E-state index >= 15 is 0 Å². The fraction of sp³-hybridized carbons (Fsp3) is 0.529. The first kappa shape index (κ1) is 19.4. The first-order chi connectivity index (χ1) is 11.7. The molecule has 1 unspecified atom stereocenters. The Bertz CT molecular complexity index is 724. The summed E-state index contributed by atoms with van der Waals surface area (Å²) in [5, 5.41) is 0. The molecule has 1 fully saturated rings. The van der Waals surface area contributed by atoms with Crippen LogP contribution in [0.2, 0.25) is 0 Å². The Morgan fingerprint density at radius 2 is 1.76 bits per heavy atom. The maximum absolute atomic E-state index is 12.5. The summed E-state index contributed by atoms with van der Waals surface area (Å²) in [4.78, 5) is 25.9. The minimum absolute atomic E-state index is 0.106. The van der Waals surface area contributed by atoms with Crippen LogP contribution in [0.15, 0.2) is 29.2 Å². The van der Waals surface area contributed by atoms with Gasteiger partial charge in [0.15, 0.2) is 6.10 Å². The summed E-state index contributed by atoms with van der Waals surface area (Å²) >= 11 is 0. The molecule has 0 aromatic heterocycles. The molecule has 2 rings (SSSR count). The molecule has 1 aromatic carbocycles. The number of carbonyl (C=O) groups excluding carboxylic acids is 2. The van der Waals surface area contributed by atoms with Crippen molar-refractivity contribution >= 4 is 21.9 Å². The Labute approximate surface area is 148 Å². The average Bonchev–Trinajstić information content (AvgIpc) is 3.08. The number of ether oxygens (including phenoxy) is 1. The molecular weight excluding hydrogens is 344 g/mol. The molecule has 25 heavy (non-hydrogen) atoms. The van der Waals surface area contributed by atoms with Crippen LogP contribution >= 0.6 is 0 Å². The number of hydrogen-bond donors (Lipinski definition) is 0.